The third kappa shape index (κ3) is 5.23. The second-order valence-corrected chi connectivity index (χ2v) is 8.17. The van der Waals surface area contributed by atoms with E-state index in [0.717, 1.165) is 6.07 Å². The summed E-state index contributed by atoms with van der Waals surface area (Å²) in [4.78, 5) is 45.0. The van der Waals surface area contributed by atoms with Crippen molar-refractivity contribution in [1.29, 1.82) is 0 Å². The number of ether oxygens (including phenoxy) is 1. The Balaban J connectivity index is 1.30. The van der Waals surface area contributed by atoms with Gasteiger partial charge in [0, 0.05) is 18.7 Å². The Morgan fingerprint density at radius 1 is 1.03 bits per heavy atom. The average Bonchev–Trinajstić information content (AvgIpc) is 3.38. The minimum Gasteiger partial charge on any atom is -0.482 e. The maximum Gasteiger partial charge on any atom is 0.433 e. The highest BCUT2D eigenvalue weighted by Crippen LogP contribution is 2.29. The lowest BCUT2D eigenvalue weighted by atomic mass is 10.1. The number of alkyl halides is 3. The molecule has 38 heavy (non-hydrogen) atoms. The van der Waals surface area contributed by atoms with Gasteiger partial charge in [0.05, 0.1) is 24.1 Å². The number of amides is 3. The molecule has 0 radical (unpaired) electrons. The second kappa shape index (κ2) is 9.80. The van der Waals surface area contributed by atoms with Gasteiger partial charge in [-0.3, -0.25) is 14.4 Å². The molecule has 1 aromatic carbocycles. The number of hydrogen-bond acceptors (Lipinski definition) is 7. The van der Waals surface area contributed by atoms with Crippen molar-refractivity contribution in [2.24, 2.45) is 0 Å². The molecule has 0 fully saturated rings. The summed E-state index contributed by atoms with van der Waals surface area (Å²) in [5, 5.41) is 11.9. The molecule has 3 amide bonds. The lowest BCUT2D eigenvalue weighted by molar-refractivity contribution is -0.141. The summed E-state index contributed by atoms with van der Waals surface area (Å²) >= 11 is 0. The van der Waals surface area contributed by atoms with Gasteiger partial charge in [-0.15, -0.1) is 0 Å². The first-order chi connectivity index (χ1) is 18.2. The first kappa shape index (κ1) is 24.7. The number of aromatic nitrogens is 4. The predicted molar refractivity (Wildman–Crippen MR) is 125 cm³/mol. The van der Waals surface area contributed by atoms with Crippen LogP contribution in [0, 0.1) is 0 Å². The molecule has 5 rings (SSSR count). The molecule has 11 nitrogen and oxygen atoms in total. The van der Waals surface area contributed by atoms with Crippen molar-refractivity contribution in [2.45, 2.75) is 19.3 Å². The van der Waals surface area contributed by atoms with Crippen molar-refractivity contribution >= 4 is 29.1 Å². The number of carbonyl (C=O) groups excluding carboxylic acids is 3. The lowest BCUT2D eigenvalue weighted by Gasteiger charge is -2.18. The largest absolute Gasteiger partial charge is 0.482 e. The van der Waals surface area contributed by atoms with E-state index < -0.39 is 23.7 Å². The molecule has 14 heteroatoms. The molecule has 0 aliphatic carbocycles. The monoisotopic (exact) mass is 525 g/mol. The summed E-state index contributed by atoms with van der Waals surface area (Å²) in [7, 11) is 0. The van der Waals surface area contributed by atoms with E-state index in [-0.39, 0.29) is 48.3 Å². The molecule has 194 valence electrons. The number of pyridine rings is 1. The van der Waals surface area contributed by atoms with E-state index in [2.05, 4.69) is 31.0 Å². The Morgan fingerprint density at radius 2 is 1.84 bits per heavy atom. The SMILES string of the molecule is O=C1COc2ccc(CNC(=O)c3cc(C(=O)NCc4cccc(C(F)(F)F)n4)n4nccc4n3)cc2N1. The quantitative estimate of drug-likeness (QED) is 0.351. The van der Waals surface area contributed by atoms with E-state index in [4.69, 9.17) is 4.74 Å². The molecule has 0 unspecified atom stereocenters. The highest BCUT2D eigenvalue weighted by Gasteiger charge is 2.32. The molecule has 0 atom stereocenters. The van der Waals surface area contributed by atoms with Gasteiger partial charge in [0.2, 0.25) is 0 Å². The van der Waals surface area contributed by atoms with Crippen LogP contribution in [0.15, 0.2) is 54.7 Å². The topological polar surface area (TPSA) is 140 Å². The van der Waals surface area contributed by atoms with Crippen molar-refractivity contribution < 1.29 is 32.3 Å². The number of hydrogen-bond donors (Lipinski definition) is 3. The number of nitrogens with zero attached hydrogens (tertiary/aromatic N) is 4. The number of nitrogens with one attached hydrogen (secondary N) is 3. The third-order valence-corrected chi connectivity index (χ3v) is 5.48. The van der Waals surface area contributed by atoms with Crippen molar-refractivity contribution in [3.63, 3.8) is 0 Å². The molecule has 3 aromatic heterocycles. The Labute approximate surface area is 212 Å². The maximum absolute atomic E-state index is 12.9. The number of halogens is 3. The van der Waals surface area contributed by atoms with Gasteiger partial charge < -0.3 is 20.7 Å². The van der Waals surface area contributed by atoms with Crippen LogP contribution in [0.2, 0.25) is 0 Å². The summed E-state index contributed by atoms with van der Waals surface area (Å²) in [6.07, 6.45) is -3.23. The van der Waals surface area contributed by atoms with Crippen molar-refractivity contribution in [2.75, 3.05) is 11.9 Å². The van der Waals surface area contributed by atoms with Crippen LogP contribution < -0.4 is 20.7 Å². The van der Waals surface area contributed by atoms with E-state index in [0.29, 0.717) is 17.0 Å². The number of benzene rings is 1. The summed E-state index contributed by atoms with van der Waals surface area (Å²) < 4.78 is 45.3. The van der Waals surface area contributed by atoms with Gasteiger partial charge in [-0.05, 0) is 29.8 Å². The normalized spacial score (nSPS) is 12.9. The van der Waals surface area contributed by atoms with Crippen LogP contribution in [0.3, 0.4) is 0 Å². The van der Waals surface area contributed by atoms with E-state index >= 15 is 0 Å². The van der Waals surface area contributed by atoms with Gasteiger partial charge >= 0.3 is 6.18 Å². The number of rotatable bonds is 6. The van der Waals surface area contributed by atoms with E-state index in [1.807, 2.05) is 0 Å². The van der Waals surface area contributed by atoms with Gasteiger partial charge in [0.1, 0.15) is 22.8 Å². The fourth-order valence-corrected chi connectivity index (χ4v) is 3.70. The van der Waals surface area contributed by atoms with Crippen LogP contribution >= 0.6 is 0 Å². The molecule has 1 aliphatic rings. The molecule has 0 saturated heterocycles. The Hall–Kier alpha value is -5.01. The van der Waals surface area contributed by atoms with Crippen LogP contribution in [0.5, 0.6) is 5.75 Å². The highest BCUT2D eigenvalue weighted by molar-refractivity contribution is 5.98. The minimum absolute atomic E-state index is 0.00328. The van der Waals surface area contributed by atoms with E-state index in [9.17, 15) is 27.6 Å². The smallest absolute Gasteiger partial charge is 0.433 e. The molecule has 0 saturated carbocycles. The van der Waals surface area contributed by atoms with Gasteiger partial charge in [-0.2, -0.15) is 18.3 Å². The van der Waals surface area contributed by atoms with Crippen molar-refractivity contribution in [3.05, 3.63) is 83.1 Å². The summed E-state index contributed by atoms with van der Waals surface area (Å²) in [6.45, 7) is -0.261. The first-order valence-corrected chi connectivity index (χ1v) is 11.2. The number of anilines is 1. The fraction of sp³-hybridized carbons (Fsp3) is 0.167. The number of carbonyl (C=O) groups is 3. The highest BCUT2D eigenvalue weighted by atomic mass is 19.4. The third-order valence-electron chi connectivity index (χ3n) is 5.48. The van der Waals surface area contributed by atoms with Crippen molar-refractivity contribution in [3.8, 4) is 5.75 Å². The van der Waals surface area contributed by atoms with Gasteiger partial charge in [-0.25, -0.2) is 14.5 Å². The summed E-state index contributed by atoms with van der Waals surface area (Å²) in [5.41, 5.74) is 0.189. The number of fused-ring (bicyclic) bond motifs is 2. The van der Waals surface area contributed by atoms with Gasteiger partial charge in [0.15, 0.2) is 12.3 Å². The minimum atomic E-state index is -4.62. The molecule has 0 spiro atoms. The molecule has 4 aromatic rings. The molecular formula is C24H18F3N7O4. The zero-order chi connectivity index (χ0) is 26.9. The molecule has 0 bridgehead atoms. The van der Waals surface area contributed by atoms with Gasteiger partial charge in [0.25, 0.3) is 17.7 Å². The zero-order valence-electron chi connectivity index (χ0n) is 19.4. The molecule has 1 aliphatic heterocycles. The second-order valence-electron chi connectivity index (χ2n) is 8.17. The summed E-state index contributed by atoms with van der Waals surface area (Å²) in [5.74, 6) is -1.05. The summed E-state index contributed by atoms with van der Waals surface area (Å²) in [6, 6.07) is 11.2. The molecule has 3 N–H and O–H groups in total. The first-order valence-electron chi connectivity index (χ1n) is 11.2. The molecule has 4 heterocycles. The van der Waals surface area contributed by atoms with Crippen LogP contribution in [0.4, 0.5) is 18.9 Å². The van der Waals surface area contributed by atoms with Crippen LogP contribution in [0.25, 0.3) is 5.65 Å². The van der Waals surface area contributed by atoms with Crippen molar-refractivity contribution in [1.82, 2.24) is 30.2 Å². The van der Waals surface area contributed by atoms with Crippen LogP contribution in [-0.2, 0) is 24.1 Å². The van der Waals surface area contributed by atoms with Crippen LogP contribution in [-0.4, -0.2) is 43.9 Å². The lowest BCUT2D eigenvalue weighted by Crippen LogP contribution is -2.29. The van der Waals surface area contributed by atoms with E-state index in [1.165, 1.54) is 35.0 Å². The Bertz CT molecular complexity index is 1570. The fourth-order valence-electron chi connectivity index (χ4n) is 3.70. The van der Waals surface area contributed by atoms with E-state index in [1.54, 1.807) is 18.2 Å². The molecular weight excluding hydrogens is 507 g/mol. The predicted octanol–water partition coefficient (Wildman–Crippen LogP) is 2.33. The Kier molecular flexibility index (Phi) is 6.36. The zero-order valence-corrected chi connectivity index (χ0v) is 19.4. The average molecular weight is 525 g/mol. The van der Waals surface area contributed by atoms with Gasteiger partial charge in [-0.1, -0.05) is 12.1 Å². The Morgan fingerprint density at radius 3 is 2.66 bits per heavy atom. The maximum atomic E-state index is 12.9. The standard InChI is InChI=1S/C24H18F3N7O4/c25-24(26,27)19-3-1-2-14(31-19)11-29-23(37)17-9-16(32-20-6-7-30-34(17)20)22(36)28-10-13-4-5-18-15(8-13)33-21(35)12-38-18/h1-9H,10-12H2,(H,28,36)(H,29,37)(H,33,35). The van der Waals surface area contributed by atoms with Crippen LogP contribution in [0.1, 0.15) is 37.9 Å².